The van der Waals surface area contributed by atoms with Crippen molar-refractivity contribution in [3.63, 3.8) is 0 Å². The molecule has 5 heteroatoms. The Morgan fingerprint density at radius 3 is 2.22 bits per heavy atom. The highest BCUT2D eigenvalue weighted by Gasteiger charge is 2.10. The van der Waals surface area contributed by atoms with E-state index in [-0.39, 0.29) is 0 Å². The first-order valence-electron chi connectivity index (χ1n) is 5.40. The predicted octanol–water partition coefficient (Wildman–Crippen LogP) is 4.04. The van der Waals surface area contributed by atoms with Gasteiger partial charge in [-0.2, -0.15) is 0 Å². The minimum absolute atomic E-state index is 0.708. The first kappa shape index (κ1) is 13.6. The molecule has 2 aromatic rings. The molecule has 0 amide bonds. The average molecular weight is 375 g/mol. The monoisotopic (exact) mass is 373 g/mol. The van der Waals surface area contributed by atoms with Gasteiger partial charge in [-0.1, -0.05) is 31.9 Å². The van der Waals surface area contributed by atoms with Crippen molar-refractivity contribution in [2.75, 3.05) is 14.2 Å². The molecule has 0 aliphatic heterocycles. The van der Waals surface area contributed by atoms with E-state index in [9.17, 15) is 0 Å². The molecule has 1 aromatic carbocycles. The molecule has 1 heterocycles. The molecule has 0 radical (unpaired) electrons. The lowest BCUT2D eigenvalue weighted by Crippen LogP contribution is -1.96. The van der Waals surface area contributed by atoms with Crippen LogP contribution in [-0.4, -0.2) is 19.2 Å². The van der Waals surface area contributed by atoms with E-state index in [0.717, 1.165) is 39.0 Å². The van der Waals surface area contributed by atoms with Crippen LogP contribution in [0.1, 0.15) is 11.4 Å². The van der Waals surface area contributed by atoms with Crippen LogP contribution in [0.5, 0.6) is 11.5 Å². The number of pyridine rings is 1. The van der Waals surface area contributed by atoms with E-state index in [0.29, 0.717) is 5.33 Å². The first-order valence-corrected chi connectivity index (χ1v) is 7.64. The summed E-state index contributed by atoms with van der Waals surface area (Å²) in [5, 5.41) is 3.62. The SMILES string of the molecule is COc1cc2cc(CBr)nc(CBr)c2cc1OC. The maximum absolute atomic E-state index is 5.32. The smallest absolute Gasteiger partial charge is 0.161 e. The van der Waals surface area contributed by atoms with Crippen molar-refractivity contribution in [1.29, 1.82) is 0 Å². The summed E-state index contributed by atoms with van der Waals surface area (Å²) in [5.74, 6) is 1.46. The summed E-state index contributed by atoms with van der Waals surface area (Å²) in [6, 6.07) is 6.00. The number of halogens is 2. The Morgan fingerprint density at radius 2 is 1.67 bits per heavy atom. The van der Waals surface area contributed by atoms with Crippen molar-refractivity contribution < 1.29 is 9.47 Å². The van der Waals surface area contributed by atoms with Gasteiger partial charge < -0.3 is 9.47 Å². The average Bonchev–Trinajstić information content (AvgIpc) is 2.44. The maximum Gasteiger partial charge on any atom is 0.161 e. The highest BCUT2D eigenvalue weighted by Crippen LogP contribution is 2.34. The number of benzene rings is 1. The Kier molecular flexibility index (Phi) is 4.45. The molecule has 0 fully saturated rings. The molecule has 0 N–H and O–H groups in total. The minimum atomic E-state index is 0.708. The van der Waals surface area contributed by atoms with Gasteiger partial charge in [0.2, 0.25) is 0 Å². The molecular formula is C13H13Br2NO2. The third-order valence-electron chi connectivity index (χ3n) is 2.73. The van der Waals surface area contributed by atoms with E-state index in [1.165, 1.54) is 0 Å². The zero-order valence-electron chi connectivity index (χ0n) is 10.2. The van der Waals surface area contributed by atoms with E-state index in [1.807, 2.05) is 12.1 Å². The van der Waals surface area contributed by atoms with E-state index in [4.69, 9.17) is 9.47 Å². The van der Waals surface area contributed by atoms with E-state index in [1.54, 1.807) is 14.2 Å². The summed E-state index contributed by atoms with van der Waals surface area (Å²) >= 11 is 6.91. The molecule has 0 bridgehead atoms. The van der Waals surface area contributed by atoms with Crippen LogP contribution >= 0.6 is 31.9 Å². The van der Waals surface area contributed by atoms with Gasteiger partial charge >= 0.3 is 0 Å². The summed E-state index contributed by atoms with van der Waals surface area (Å²) in [7, 11) is 3.28. The maximum atomic E-state index is 5.32. The van der Waals surface area contributed by atoms with Gasteiger partial charge in [0.25, 0.3) is 0 Å². The van der Waals surface area contributed by atoms with Crippen LogP contribution in [0.4, 0.5) is 0 Å². The number of rotatable bonds is 4. The van der Waals surface area contributed by atoms with Crippen LogP contribution in [-0.2, 0) is 10.7 Å². The van der Waals surface area contributed by atoms with E-state index in [2.05, 4.69) is 42.9 Å². The van der Waals surface area contributed by atoms with Crippen molar-refractivity contribution in [1.82, 2.24) is 4.98 Å². The molecule has 0 aliphatic rings. The van der Waals surface area contributed by atoms with Crippen molar-refractivity contribution in [3.8, 4) is 11.5 Å². The largest absolute Gasteiger partial charge is 0.493 e. The molecule has 0 atom stereocenters. The summed E-state index contributed by atoms with van der Waals surface area (Å²) in [5.41, 5.74) is 2.01. The Hall–Kier alpha value is -0.810. The van der Waals surface area contributed by atoms with Gasteiger partial charge in [0.15, 0.2) is 11.5 Å². The predicted molar refractivity (Wildman–Crippen MR) is 80.1 cm³/mol. The third kappa shape index (κ3) is 2.47. The van der Waals surface area contributed by atoms with Crippen molar-refractivity contribution in [2.45, 2.75) is 10.7 Å². The number of ether oxygens (including phenoxy) is 2. The van der Waals surface area contributed by atoms with Crippen LogP contribution in [0.15, 0.2) is 18.2 Å². The minimum Gasteiger partial charge on any atom is -0.493 e. The number of aromatic nitrogens is 1. The molecule has 0 saturated heterocycles. The van der Waals surface area contributed by atoms with Gasteiger partial charge in [-0.05, 0) is 23.6 Å². The number of nitrogens with zero attached hydrogens (tertiary/aromatic N) is 1. The second kappa shape index (κ2) is 5.89. The normalized spacial score (nSPS) is 10.7. The molecular weight excluding hydrogens is 362 g/mol. The quantitative estimate of drug-likeness (QED) is 0.756. The standard InChI is InChI=1S/C13H13Br2NO2/c1-17-12-4-8-3-9(6-14)16-11(7-15)10(8)5-13(12)18-2/h3-5H,6-7H2,1-2H3. The van der Waals surface area contributed by atoms with E-state index < -0.39 is 0 Å². The lowest BCUT2D eigenvalue weighted by molar-refractivity contribution is 0.356. The molecule has 1 aromatic heterocycles. The van der Waals surface area contributed by atoms with Crippen LogP contribution < -0.4 is 9.47 Å². The topological polar surface area (TPSA) is 31.4 Å². The number of fused-ring (bicyclic) bond motifs is 1. The van der Waals surface area contributed by atoms with Crippen molar-refractivity contribution >= 4 is 42.6 Å². The summed E-state index contributed by atoms with van der Waals surface area (Å²) in [4.78, 5) is 4.58. The second-order valence-electron chi connectivity index (χ2n) is 3.76. The lowest BCUT2D eigenvalue weighted by atomic mass is 10.1. The summed E-state index contributed by atoms with van der Waals surface area (Å²) < 4.78 is 10.6. The molecule has 96 valence electrons. The summed E-state index contributed by atoms with van der Waals surface area (Å²) in [6.45, 7) is 0. The number of hydrogen-bond acceptors (Lipinski definition) is 3. The third-order valence-corrected chi connectivity index (χ3v) is 3.84. The number of hydrogen-bond donors (Lipinski definition) is 0. The number of methoxy groups -OCH3 is 2. The zero-order chi connectivity index (χ0) is 13.1. The molecule has 2 rings (SSSR count). The van der Waals surface area contributed by atoms with E-state index >= 15 is 0 Å². The van der Waals surface area contributed by atoms with Gasteiger partial charge in [0, 0.05) is 16.0 Å². The van der Waals surface area contributed by atoms with Crippen LogP contribution in [0, 0.1) is 0 Å². The molecule has 0 aliphatic carbocycles. The molecule has 0 saturated carbocycles. The summed E-state index contributed by atoms with van der Waals surface area (Å²) in [6.07, 6.45) is 0. The van der Waals surface area contributed by atoms with Crippen molar-refractivity contribution in [3.05, 3.63) is 29.6 Å². The Balaban J connectivity index is 2.74. The molecule has 3 nitrogen and oxygen atoms in total. The number of alkyl halides is 2. The highest BCUT2D eigenvalue weighted by atomic mass is 79.9. The fourth-order valence-corrected chi connectivity index (χ4v) is 2.59. The van der Waals surface area contributed by atoms with Gasteiger partial charge in [0.05, 0.1) is 25.6 Å². The van der Waals surface area contributed by atoms with Gasteiger partial charge in [-0.3, -0.25) is 4.98 Å². The molecule has 0 unspecified atom stereocenters. The molecule has 0 spiro atoms. The fraction of sp³-hybridized carbons (Fsp3) is 0.308. The van der Waals surface area contributed by atoms with Crippen LogP contribution in [0.25, 0.3) is 10.8 Å². The second-order valence-corrected chi connectivity index (χ2v) is 4.88. The Labute approximate surface area is 123 Å². The van der Waals surface area contributed by atoms with Gasteiger partial charge in [-0.15, -0.1) is 0 Å². The Bertz CT molecular complexity index is 572. The fourth-order valence-electron chi connectivity index (χ4n) is 1.88. The Morgan fingerprint density at radius 1 is 1.00 bits per heavy atom. The first-order chi connectivity index (χ1) is 8.73. The lowest BCUT2D eigenvalue weighted by Gasteiger charge is -2.11. The van der Waals surface area contributed by atoms with Crippen molar-refractivity contribution in [2.24, 2.45) is 0 Å². The zero-order valence-corrected chi connectivity index (χ0v) is 13.3. The van der Waals surface area contributed by atoms with Gasteiger partial charge in [0.1, 0.15) is 0 Å². The van der Waals surface area contributed by atoms with Crippen LogP contribution in [0.2, 0.25) is 0 Å². The van der Waals surface area contributed by atoms with Gasteiger partial charge in [-0.25, -0.2) is 0 Å². The van der Waals surface area contributed by atoms with Crippen LogP contribution in [0.3, 0.4) is 0 Å². The highest BCUT2D eigenvalue weighted by molar-refractivity contribution is 9.08. The molecule has 18 heavy (non-hydrogen) atoms.